The molecule has 38 heavy (non-hydrogen) atoms. The first-order valence-electron chi connectivity index (χ1n) is 12.8. The number of hydrogen-bond donors (Lipinski definition) is 1. The molecule has 1 aliphatic carbocycles. The van der Waals surface area contributed by atoms with Crippen LogP contribution in [0.5, 0.6) is 0 Å². The lowest BCUT2D eigenvalue weighted by Gasteiger charge is -2.35. The van der Waals surface area contributed by atoms with Gasteiger partial charge in [-0.15, -0.1) is 11.3 Å². The maximum Gasteiger partial charge on any atom is 0.411 e. The minimum absolute atomic E-state index is 0.00925. The molecule has 2 aromatic rings. The highest BCUT2D eigenvalue weighted by Crippen LogP contribution is 2.43. The molecule has 4 atom stereocenters. The van der Waals surface area contributed by atoms with Crippen molar-refractivity contribution >= 4 is 34.9 Å². The van der Waals surface area contributed by atoms with Crippen LogP contribution >= 0.6 is 11.3 Å². The van der Waals surface area contributed by atoms with Gasteiger partial charge in [0.25, 0.3) is 0 Å². The number of piperidine rings is 1. The molecular formula is C28H31FN4O4S. The van der Waals surface area contributed by atoms with Crippen molar-refractivity contribution in [2.24, 2.45) is 5.92 Å². The lowest BCUT2D eigenvalue weighted by Crippen LogP contribution is -2.55. The molecule has 8 nitrogen and oxygen atoms in total. The molecule has 1 N–H and O–H groups in total. The van der Waals surface area contributed by atoms with Crippen molar-refractivity contribution in [3.8, 4) is 16.5 Å². The maximum atomic E-state index is 14.9. The smallest absolute Gasteiger partial charge is 0.411 e. The van der Waals surface area contributed by atoms with Gasteiger partial charge in [0.05, 0.1) is 12.5 Å². The van der Waals surface area contributed by atoms with E-state index in [1.54, 1.807) is 32.7 Å². The van der Waals surface area contributed by atoms with Gasteiger partial charge < -0.3 is 15.0 Å². The molecule has 1 aromatic heterocycles. The van der Waals surface area contributed by atoms with Crippen molar-refractivity contribution in [2.75, 3.05) is 11.9 Å². The van der Waals surface area contributed by atoms with E-state index in [4.69, 9.17) is 4.74 Å². The molecule has 1 aromatic carbocycles. The van der Waals surface area contributed by atoms with Gasteiger partial charge in [-0.2, -0.15) is 5.26 Å². The normalized spacial score (nSPS) is 22.8. The molecule has 1 saturated carbocycles. The zero-order valence-corrected chi connectivity index (χ0v) is 22.7. The van der Waals surface area contributed by atoms with Crippen LogP contribution in [0.4, 0.5) is 14.9 Å². The Labute approximate surface area is 225 Å². The number of amides is 3. The van der Waals surface area contributed by atoms with E-state index in [1.165, 1.54) is 22.3 Å². The molecule has 200 valence electrons. The number of thiophene rings is 1. The van der Waals surface area contributed by atoms with E-state index in [0.717, 1.165) is 36.1 Å². The van der Waals surface area contributed by atoms with E-state index in [2.05, 4.69) is 11.4 Å². The minimum atomic E-state index is -0.952. The number of rotatable bonds is 5. The lowest BCUT2D eigenvalue weighted by molar-refractivity contribution is -0.128. The Hall–Kier alpha value is -3.45. The molecule has 1 saturated heterocycles. The Balaban J connectivity index is 1.29. The fourth-order valence-electron chi connectivity index (χ4n) is 5.76. The molecule has 4 unspecified atom stereocenters. The molecule has 0 spiro atoms. The summed E-state index contributed by atoms with van der Waals surface area (Å²) in [7, 11) is 1.72. The number of carbonyl (C=O) groups excluding carboxylic acids is 3. The minimum Gasteiger partial charge on any atom is -0.444 e. The third-order valence-corrected chi connectivity index (χ3v) is 8.71. The van der Waals surface area contributed by atoms with Crippen molar-refractivity contribution in [3.63, 3.8) is 0 Å². The van der Waals surface area contributed by atoms with Crippen molar-refractivity contribution in [2.45, 2.75) is 76.6 Å². The second-order valence-corrected chi connectivity index (χ2v) is 12.4. The van der Waals surface area contributed by atoms with Crippen LogP contribution in [0.2, 0.25) is 0 Å². The van der Waals surface area contributed by atoms with Crippen molar-refractivity contribution in [1.82, 2.24) is 10.2 Å². The number of likely N-dealkylation sites (tertiary alicyclic amines) is 1. The van der Waals surface area contributed by atoms with Gasteiger partial charge in [-0.3, -0.25) is 14.5 Å². The number of anilines is 1. The number of nitrogens with one attached hydrogen (secondary N) is 1. The van der Waals surface area contributed by atoms with Gasteiger partial charge in [0.15, 0.2) is 0 Å². The standard InChI is InChI=1S/C28H31FN4O4S/c1-28(2,3)37-27(36)33-19-8-7-17(9-19)25(33)26(35)31-18(14-30)12-23-20(29)13-22(38-23)16-6-5-15-11-24(34)32(4)21(15)10-16/h5-6,10,13,17-19,25H,7-9,11-12H2,1-4H3,(H,31,35). The van der Waals surface area contributed by atoms with Crippen molar-refractivity contribution < 1.29 is 23.5 Å². The quantitative estimate of drug-likeness (QED) is 0.608. The third-order valence-electron chi connectivity index (χ3n) is 7.52. The fourth-order valence-corrected chi connectivity index (χ4v) is 6.84. The van der Waals surface area contributed by atoms with Crippen molar-refractivity contribution in [3.05, 3.63) is 40.5 Å². The summed E-state index contributed by atoms with van der Waals surface area (Å²) in [5.41, 5.74) is 1.85. The van der Waals surface area contributed by atoms with Crippen LogP contribution in [0.25, 0.3) is 10.4 Å². The summed E-state index contributed by atoms with van der Waals surface area (Å²) in [6, 6.07) is 7.43. The molecular weight excluding hydrogens is 507 g/mol. The summed E-state index contributed by atoms with van der Waals surface area (Å²) < 4.78 is 20.5. The average Bonchev–Trinajstić information content (AvgIpc) is 3.61. The molecule has 10 heteroatoms. The SMILES string of the molecule is CN1C(=O)Cc2ccc(-c3cc(F)c(CC(C#N)NC(=O)C4C5CCC(C5)N4C(=O)OC(C)(C)C)s3)cc21. The highest BCUT2D eigenvalue weighted by atomic mass is 32.1. The maximum absolute atomic E-state index is 14.9. The largest absolute Gasteiger partial charge is 0.444 e. The highest BCUT2D eigenvalue weighted by molar-refractivity contribution is 7.15. The van der Waals surface area contributed by atoms with Crippen LogP contribution in [0.1, 0.15) is 50.5 Å². The number of carbonyl (C=O) groups is 3. The molecule has 2 aliphatic heterocycles. The Morgan fingerprint density at radius 2 is 2.05 bits per heavy atom. The van der Waals surface area contributed by atoms with Gasteiger partial charge in [0, 0.05) is 35.0 Å². The molecule has 3 heterocycles. The summed E-state index contributed by atoms with van der Waals surface area (Å²) in [5.74, 6) is -0.817. The van der Waals surface area contributed by atoms with Crippen LogP contribution in [0, 0.1) is 23.1 Å². The monoisotopic (exact) mass is 538 g/mol. The molecule has 2 bridgehead atoms. The number of halogens is 1. The zero-order valence-electron chi connectivity index (χ0n) is 21.9. The summed E-state index contributed by atoms with van der Waals surface area (Å²) in [6.07, 6.45) is 2.24. The van der Waals surface area contributed by atoms with E-state index in [1.807, 2.05) is 18.2 Å². The Morgan fingerprint density at radius 3 is 2.76 bits per heavy atom. The average molecular weight is 539 g/mol. The molecule has 3 aliphatic rings. The van der Waals surface area contributed by atoms with Crippen LogP contribution < -0.4 is 10.2 Å². The fraction of sp³-hybridized carbons (Fsp3) is 0.500. The van der Waals surface area contributed by atoms with Crippen molar-refractivity contribution in [1.29, 1.82) is 5.26 Å². The van der Waals surface area contributed by atoms with E-state index in [0.29, 0.717) is 16.2 Å². The number of nitrogens with zero attached hydrogens (tertiary/aromatic N) is 3. The summed E-state index contributed by atoms with van der Waals surface area (Å²) in [6.45, 7) is 5.35. The van der Waals surface area contributed by atoms with E-state index >= 15 is 0 Å². The molecule has 3 amide bonds. The predicted molar refractivity (Wildman–Crippen MR) is 141 cm³/mol. The predicted octanol–water partition coefficient (Wildman–Crippen LogP) is 4.41. The van der Waals surface area contributed by atoms with E-state index in [9.17, 15) is 24.0 Å². The van der Waals surface area contributed by atoms with Crippen LogP contribution in [0.15, 0.2) is 24.3 Å². The van der Waals surface area contributed by atoms with Gasteiger partial charge in [-0.1, -0.05) is 12.1 Å². The van der Waals surface area contributed by atoms with Crippen LogP contribution in [-0.2, 0) is 27.2 Å². The van der Waals surface area contributed by atoms with Gasteiger partial charge >= 0.3 is 6.09 Å². The first-order valence-corrected chi connectivity index (χ1v) is 13.7. The number of ether oxygens (including phenoxy) is 1. The van der Waals surface area contributed by atoms with Crippen LogP contribution in [0.3, 0.4) is 0 Å². The zero-order chi connectivity index (χ0) is 27.4. The third kappa shape index (κ3) is 4.87. The molecule has 2 fully saturated rings. The first kappa shape index (κ1) is 26.2. The van der Waals surface area contributed by atoms with Gasteiger partial charge in [0.2, 0.25) is 11.8 Å². The van der Waals surface area contributed by atoms with Gasteiger partial charge in [-0.05, 0) is 69.2 Å². The number of benzene rings is 1. The van der Waals surface area contributed by atoms with Gasteiger partial charge in [0.1, 0.15) is 23.5 Å². The van der Waals surface area contributed by atoms with E-state index < -0.39 is 35.5 Å². The second-order valence-electron chi connectivity index (χ2n) is 11.3. The molecule has 5 rings (SSSR count). The molecule has 0 radical (unpaired) electrons. The number of nitriles is 1. The Kier molecular flexibility index (Phi) is 6.68. The highest BCUT2D eigenvalue weighted by Gasteiger charge is 2.52. The number of likely N-dealkylation sites (N-methyl/N-ethyl adjacent to an activating group) is 1. The summed E-state index contributed by atoms with van der Waals surface area (Å²) in [5, 5.41) is 12.5. The topological polar surface area (TPSA) is 103 Å². The number of fused-ring (bicyclic) bond motifs is 3. The van der Waals surface area contributed by atoms with E-state index in [-0.39, 0.29) is 24.3 Å². The first-order chi connectivity index (χ1) is 17.9. The Morgan fingerprint density at radius 1 is 1.29 bits per heavy atom. The Bertz CT molecular complexity index is 1340. The van der Waals surface area contributed by atoms with Gasteiger partial charge in [-0.25, -0.2) is 9.18 Å². The second kappa shape index (κ2) is 9.70. The lowest BCUT2D eigenvalue weighted by atomic mass is 9.97. The summed E-state index contributed by atoms with van der Waals surface area (Å²) >= 11 is 1.22. The number of hydrogen-bond acceptors (Lipinski definition) is 6. The van der Waals surface area contributed by atoms with Crippen LogP contribution in [-0.4, -0.2) is 53.6 Å². The summed E-state index contributed by atoms with van der Waals surface area (Å²) in [4.78, 5) is 42.4.